The van der Waals surface area contributed by atoms with E-state index in [1.165, 1.54) is 0 Å². The minimum absolute atomic E-state index is 0.555. The first-order valence-electron chi connectivity index (χ1n) is 5.67. The van der Waals surface area contributed by atoms with Crippen molar-refractivity contribution in [1.29, 1.82) is 0 Å². The summed E-state index contributed by atoms with van der Waals surface area (Å²) in [6.45, 7) is 0.949. The molecule has 1 heterocycles. The Morgan fingerprint density at radius 2 is 2.12 bits per heavy atom. The Bertz CT molecular complexity index is 357. The molecular formula is C12H16BrN3. The molecule has 0 radical (unpaired) electrons. The van der Waals surface area contributed by atoms with E-state index in [0.717, 1.165) is 42.6 Å². The first-order valence-corrected chi connectivity index (χ1v) is 6.79. The quantitative estimate of drug-likeness (QED) is 0.512. The Morgan fingerprint density at radius 1 is 1.31 bits per heavy atom. The Balaban J connectivity index is 1.96. The summed E-state index contributed by atoms with van der Waals surface area (Å²) in [7, 11) is 0. The second-order valence-electron chi connectivity index (χ2n) is 3.94. The van der Waals surface area contributed by atoms with Crippen LogP contribution in [-0.2, 0) is 0 Å². The number of aromatic nitrogens is 2. The van der Waals surface area contributed by atoms with Crippen molar-refractivity contribution in [3.8, 4) is 0 Å². The van der Waals surface area contributed by atoms with Crippen LogP contribution in [-0.4, -0.2) is 21.8 Å². The van der Waals surface area contributed by atoms with E-state index in [2.05, 4.69) is 49.4 Å². The molecule has 0 spiro atoms. The van der Waals surface area contributed by atoms with Gasteiger partial charge in [0.2, 0.25) is 0 Å². The lowest BCUT2D eigenvalue weighted by molar-refractivity contribution is 0.720. The molecule has 1 N–H and O–H groups in total. The van der Waals surface area contributed by atoms with Crippen molar-refractivity contribution in [3.05, 3.63) is 30.2 Å². The lowest BCUT2D eigenvalue weighted by Gasteiger charge is -2.10. The number of allylic oxidation sites excluding steroid dienone is 2. The van der Waals surface area contributed by atoms with Gasteiger partial charge >= 0.3 is 0 Å². The third-order valence-corrected chi connectivity index (χ3v) is 3.29. The Labute approximate surface area is 105 Å². The average Bonchev–Trinajstić information content (AvgIpc) is 2.83. The molecular weight excluding hydrogens is 266 g/mol. The molecule has 16 heavy (non-hydrogen) atoms. The van der Waals surface area contributed by atoms with Crippen LogP contribution in [0.3, 0.4) is 0 Å². The van der Waals surface area contributed by atoms with Gasteiger partial charge in [0.05, 0.1) is 0 Å². The maximum absolute atomic E-state index is 4.35. The number of alkyl halides is 1. The number of hydrogen-bond donors (Lipinski definition) is 1. The fourth-order valence-corrected chi connectivity index (χ4v) is 2.11. The second kappa shape index (κ2) is 5.99. The summed E-state index contributed by atoms with van der Waals surface area (Å²) in [4.78, 5) is 8.57. The highest BCUT2D eigenvalue weighted by atomic mass is 79.9. The van der Waals surface area contributed by atoms with Gasteiger partial charge in [0, 0.05) is 29.6 Å². The van der Waals surface area contributed by atoms with E-state index >= 15 is 0 Å². The SMILES string of the molecule is BrCCCNc1cc(C2CC=CC2)ncn1. The van der Waals surface area contributed by atoms with Gasteiger partial charge in [0.1, 0.15) is 12.1 Å². The van der Waals surface area contributed by atoms with Crippen molar-refractivity contribution < 1.29 is 0 Å². The van der Waals surface area contributed by atoms with E-state index in [1.807, 2.05) is 0 Å². The smallest absolute Gasteiger partial charge is 0.129 e. The fourth-order valence-electron chi connectivity index (χ4n) is 1.83. The zero-order valence-electron chi connectivity index (χ0n) is 9.19. The van der Waals surface area contributed by atoms with Crippen LogP contribution >= 0.6 is 15.9 Å². The molecule has 0 amide bonds. The number of halogens is 1. The van der Waals surface area contributed by atoms with Crippen LogP contribution in [0.5, 0.6) is 0 Å². The molecule has 1 aliphatic rings. The summed E-state index contributed by atoms with van der Waals surface area (Å²) in [6.07, 6.45) is 9.43. The Morgan fingerprint density at radius 3 is 2.88 bits per heavy atom. The van der Waals surface area contributed by atoms with Gasteiger partial charge in [-0.2, -0.15) is 0 Å². The lowest BCUT2D eigenvalue weighted by Crippen LogP contribution is -2.06. The molecule has 3 nitrogen and oxygen atoms in total. The van der Waals surface area contributed by atoms with E-state index in [1.54, 1.807) is 6.33 Å². The fraction of sp³-hybridized carbons (Fsp3) is 0.500. The highest BCUT2D eigenvalue weighted by Crippen LogP contribution is 2.28. The predicted molar refractivity (Wildman–Crippen MR) is 70.0 cm³/mol. The molecule has 0 bridgehead atoms. The summed E-state index contributed by atoms with van der Waals surface area (Å²) in [5, 5.41) is 4.33. The van der Waals surface area contributed by atoms with Gasteiger partial charge in [-0.25, -0.2) is 9.97 Å². The van der Waals surface area contributed by atoms with Gasteiger partial charge in [0.25, 0.3) is 0 Å². The normalized spacial score (nSPS) is 15.6. The third kappa shape index (κ3) is 3.04. The third-order valence-electron chi connectivity index (χ3n) is 2.73. The largest absolute Gasteiger partial charge is 0.370 e. The number of nitrogens with zero attached hydrogens (tertiary/aromatic N) is 2. The molecule has 0 aliphatic heterocycles. The number of hydrogen-bond acceptors (Lipinski definition) is 3. The van der Waals surface area contributed by atoms with Crippen LogP contribution in [0, 0.1) is 0 Å². The minimum Gasteiger partial charge on any atom is -0.370 e. The van der Waals surface area contributed by atoms with Crippen molar-refractivity contribution in [3.63, 3.8) is 0 Å². The molecule has 2 rings (SSSR count). The molecule has 1 aromatic heterocycles. The van der Waals surface area contributed by atoms with Gasteiger partial charge in [-0.15, -0.1) is 0 Å². The maximum Gasteiger partial charge on any atom is 0.129 e. The molecule has 86 valence electrons. The van der Waals surface area contributed by atoms with Crippen molar-refractivity contribution in [1.82, 2.24) is 9.97 Å². The van der Waals surface area contributed by atoms with E-state index in [9.17, 15) is 0 Å². The summed E-state index contributed by atoms with van der Waals surface area (Å²) in [5.41, 5.74) is 1.15. The second-order valence-corrected chi connectivity index (χ2v) is 4.73. The average molecular weight is 282 g/mol. The molecule has 1 aliphatic carbocycles. The van der Waals surface area contributed by atoms with Crippen LogP contribution in [0.1, 0.15) is 30.9 Å². The van der Waals surface area contributed by atoms with E-state index in [0.29, 0.717) is 5.92 Å². The molecule has 0 saturated heterocycles. The Hall–Kier alpha value is -0.900. The molecule has 0 atom stereocenters. The number of nitrogens with one attached hydrogen (secondary N) is 1. The molecule has 0 fully saturated rings. The van der Waals surface area contributed by atoms with Crippen LogP contribution in [0.15, 0.2) is 24.5 Å². The number of anilines is 1. The van der Waals surface area contributed by atoms with Gasteiger partial charge in [-0.3, -0.25) is 0 Å². The lowest BCUT2D eigenvalue weighted by atomic mass is 10.0. The van der Waals surface area contributed by atoms with E-state index in [-0.39, 0.29) is 0 Å². The molecule has 4 heteroatoms. The van der Waals surface area contributed by atoms with Crippen molar-refractivity contribution >= 4 is 21.7 Å². The van der Waals surface area contributed by atoms with Crippen LogP contribution < -0.4 is 5.32 Å². The highest BCUT2D eigenvalue weighted by molar-refractivity contribution is 9.09. The van der Waals surface area contributed by atoms with Crippen LogP contribution in [0.2, 0.25) is 0 Å². The predicted octanol–water partition coefficient (Wildman–Crippen LogP) is 3.11. The summed E-state index contributed by atoms with van der Waals surface area (Å²) in [5.74, 6) is 1.50. The monoisotopic (exact) mass is 281 g/mol. The van der Waals surface area contributed by atoms with Gasteiger partial charge in [-0.1, -0.05) is 28.1 Å². The van der Waals surface area contributed by atoms with Gasteiger partial charge in [-0.05, 0) is 19.3 Å². The molecule has 0 unspecified atom stereocenters. The Kier molecular flexibility index (Phi) is 4.34. The van der Waals surface area contributed by atoms with Crippen molar-refractivity contribution in [2.75, 3.05) is 17.2 Å². The first kappa shape index (κ1) is 11.6. The van der Waals surface area contributed by atoms with Crippen LogP contribution in [0.25, 0.3) is 0 Å². The standard InChI is InChI=1S/C12H16BrN3/c13-6-3-7-14-12-8-11(15-9-16-12)10-4-1-2-5-10/h1-2,8-10H,3-7H2,(H,14,15,16). The first-order chi connectivity index (χ1) is 7.90. The molecule has 1 aromatic rings. The van der Waals surface area contributed by atoms with E-state index in [4.69, 9.17) is 0 Å². The summed E-state index contributed by atoms with van der Waals surface area (Å²) < 4.78 is 0. The zero-order chi connectivity index (χ0) is 11.2. The highest BCUT2D eigenvalue weighted by Gasteiger charge is 2.14. The maximum atomic E-state index is 4.35. The summed E-state index contributed by atoms with van der Waals surface area (Å²) >= 11 is 3.41. The van der Waals surface area contributed by atoms with E-state index < -0.39 is 0 Å². The summed E-state index contributed by atoms with van der Waals surface area (Å²) in [6, 6.07) is 2.08. The minimum atomic E-state index is 0.555. The zero-order valence-corrected chi connectivity index (χ0v) is 10.8. The van der Waals surface area contributed by atoms with Crippen molar-refractivity contribution in [2.45, 2.75) is 25.2 Å². The number of rotatable bonds is 5. The van der Waals surface area contributed by atoms with Gasteiger partial charge < -0.3 is 5.32 Å². The topological polar surface area (TPSA) is 37.8 Å². The molecule has 0 aromatic carbocycles. The molecule has 0 saturated carbocycles. The van der Waals surface area contributed by atoms with Crippen LogP contribution in [0.4, 0.5) is 5.82 Å². The van der Waals surface area contributed by atoms with Crippen molar-refractivity contribution in [2.24, 2.45) is 0 Å². The van der Waals surface area contributed by atoms with Gasteiger partial charge in [0.15, 0.2) is 0 Å².